The van der Waals surface area contributed by atoms with Crippen LogP contribution < -0.4 is 53.6 Å². The van der Waals surface area contributed by atoms with Gasteiger partial charge >= 0.3 is 41.8 Å². The molecule has 18 atom stereocenters. The number of alkyl halides is 1. The highest BCUT2D eigenvalue weighted by Crippen LogP contribution is 2.31. The Balaban J connectivity index is 1.23. The van der Waals surface area contributed by atoms with Gasteiger partial charge in [-0.3, -0.25) is 76.7 Å². The predicted octanol–water partition coefficient (Wildman–Crippen LogP) is -1.72. The fraction of sp³-hybridized carbons (Fsp3) is 0.792. The average molecular weight is 1740 g/mol. The van der Waals surface area contributed by atoms with Crippen molar-refractivity contribution in [2.24, 2.45) is 5.73 Å². The number of nitrogens with one attached hydrogen (secondary N) is 9. The molecule has 9 amide bonds. The lowest BCUT2D eigenvalue weighted by Gasteiger charge is -2.44. The van der Waals surface area contributed by atoms with Gasteiger partial charge in [-0.2, -0.15) is 0 Å². The van der Waals surface area contributed by atoms with Crippen LogP contribution in [0.5, 0.6) is 0 Å². The molecule has 0 aromatic rings. The Morgan fingerprint density at radius 1 is 0.322 bits per heavy atom. The molecule has 44 heteroatoms. The van der Waals surface area contributed by atoms with Gasteiger partial charge in [-0.1, -0.05) is 0 Å². The van der Waals surface area contributed by atoms with Crippen molar-refractivity contribution >= 4 is 94.9 Å². The van der Waals surface area contributed by atoms with Crippen molar-refractivity contribution in [1.82, 2.24) is 47.9 Å². The minimum Gasteiger partial charge on any atom is -0.463 e. The van der Waals surface area contributed by atoms with Crippen molar-refractivity contribution in [2.45, 2.75) is 289 Å². The molecule has 0 radical (unpaired) electrons. The summed E-state index contributed by atoms with van der Waals surface area (Å²) in [7, 11) is 0. The molecule has 0 aromatic carbocycles. The van der Waals surface area contributed by atoms with Crippen molar-refractivity contribution in [1.29, 1.82) is 0 Å². The largest absolute Gasteiger partial charge is 0.463 e. The number of halogens is 1. The van der Waals surface area contributed by atoms with Gasteiger partial charge in [-0.05, 0) is 57.8 Å². The molecule has 688 valence electrons. The second kappa shape index (κ2) is 58.1. The first-order valence-electron chi connectivity index (χ1n) is 40.8. The van der Waals surface area contributed by atoms with Crippen LogP contribution in [-0.2, 0) is 157 Å². The molecule has 4 saturated heterocycles. The molecule has 4 heterocycles. The van der Waals surface area contributed by atoms with Gasteiger partial charge < -0.3 is 134 Å². The molecule has 11 N–H and O–H groups in total. The quantitative estimate of drug-likeness (QED) is 0.0184. The van der Waals surface area contributed by atoms with Gasteiger partial charge in [-0.25, -0.2) is 4.39 Å². The van der Waals surface area contributed by atoms with E-state index in [4.69, 9.17) is 86.3 Å². The van der Waals surface area contributed by atoms with Gasteiger partial charge in [0, 0.05) is 180 Å². The molecular weight excluding hydrogens is 1610 g/mol. The van der Waals surface area contributed by atoms with E-state index < -0.39 is 194 Å². The van der Waals surface area contributed by atoms with Crippen molar-refractivity contribution in [3.05, 3.63) is 0 Å². The number of unbranched alkanes of at least 4 members (excludes halogenated alkanes) is 3. The number of carbonyl (C=O) groups excluding carboxylic acids is 16. The van der Waals surface area contributed by atoms with E-state index in [0.29, 0.717) is 57.8 Å². The molecule has 43 nitrogen and oxygen atoms in total. The maximum atomic E-state index is 16.1. The highest BCUT2D eigenvalue weighted by molar-refractivity contribution is 5.79. The number of ether oxygens (including phenoxy) is 17. The molecule has 4 aliphatic rings. The summed E-state index contributed by atoms with van der Waals surface area (Å²) in [5.74, 6) is -8.03. The van der Waals surface area contributed by atoms with Crippen molar-refractivity contribution < 1.29 is 162 Å². The third-order valence-electron chi connectivity index (χ3n) is 18.3. The van der Waals surface area contributed by atoms with Crippen LogP contribution in [0.4, 0.5) is 4.39 Å². The number of amides is 9. The maximum absolute atomic E-state index is 16.1. The number of hydrogen-bond donors (Lipinski definition) is 10. The molecule has 0 aromatic heterocycles. The number of esters is 7. The van der Waals surface area contributed by atoms with Crippen LogP contribution in [0.1, 0.15) is 178 Å². The first-order valence-corrected chi connectivity index (χ1v) is 40.8. The minimum atomic E-state index is -2.01. The molecule has 4 rings (SSSR count). The van der Waals surface area contributed by atoms with Gasteiger partial charge in [0.1, 0.15) is 80.8 Å². The molecular formula is C77H125FN10O33. The third-order valence-corrected chi connectivity index (χ3v) is 18.3. The minimum absolute atomic E-state index is 0.0105. The van der Waals surface area contributed by atoms with Gasteiger partial charge in [0.05, 0.1) is 38.6 Å². The SMILES string of the molecule is CC(=O)N[C@H]1[C@H](OCCCCC(=O)NCCCNC(=O)CCO[C@@H]2[C@@H](F)[C@H](N)O[C@H](COCCC(=O)NCCCNC(=O)CCCCO[C@@H]3O[C@H](COC(C)=O)C[C@H](OC(C)=O)[C@H]3NC(C)=O)[C@H]2OCCC(=O)NCCCNC(=O)CCCCO[C@@H]2O[C@H](COC(C)=O)C[C@H](OC(C)=O)[C@H]2NC(C)=O)O[C@H](COC(C)=O)[C@H](OC(C)=O)[C@@H]1OC(C)=O. The molecule has 121 heavy (non-hydrogen) atoms. The van der Waals surface area contributed by atoms with Crippen LogP contribution >= 0.6 is 0 Å². The molecule has 4 aliphatic heterocycles. The second-order valence-corrected chi connectivity index (χ2v) is 29.0. The van der Waals surface area contributed by atoms with E-state index in [2.05, 4.69) is 47.9 Å². The monoisotopic (exact) mass is 1740 g/mol. The Labute approximate surface area is 701 Å². The van der Waals surface area contributed by atoms with Crippen LogP contribution in [0.2, 0.25) is 0 Å². The van der Waals surface area contributed by atoms with Gasteiger partial charge in [0.15, 0.2) is 37.2 Å². The first-order chi connectivity index (χ1) is 57.6. The Hall–Kier alpha value is -8.99. The summed E-state index contributed by atoms with van der Waals surface area (Å²) >= 11 is 0. The highest BCUT2D eigenvalue weighted by Gasteiger charge is 2.52. The third kappa shape index (κ3) is 44.1. The van der Waals surface area contributed by atoms with E-state index in [-0.39, 0.29) is 168 Å². The Bertz CT molecular complexity index is 3310. The zero-order chi connectivity index (χ0) is 89.3. The lowest BCUT2D eigenvalue weighted by Crippen LogP contribution is -2.66. The lowest BCUT2D eigenvalue weighted by atomic mass is 9.96. The molecule has 0 spiro atoms. The Morgan fingerprint density at radius 2 is 0.653 bits per heavy atom. The Morgan fingerprint density at radius 3 is 1.02 bits per heavy atom. The van der Waals surface area contributed by atoms with Gasteiger partial charge in [0.25, 0.3) is 0 Å². The molecule has 0 bridgehead atoms. The second-order valence-electron chi connectivity index (χ2n) is 29.0. The standard InChI is InChI=1S/C77H125FN10O33/c1-44(89)86-67-56(114-50(7)95)38-54(40-111-47(4)92)118-75(67)108-32-14-11-20-60(99)80-26-17-29-83-63(102)23-35-105-42-58-70(106-36-24-64(103)84-30-18-27-81-61(100)21-12-15-33-109-76-68(87-45(2)90)57(115-51(8)96)39-55(119-76)41-112-48(5)93)72(66(78)74(79)120-58)107-37-25-65(104)85-31-19-28-82-62(101)22-13-16-34-110-77-69(88-46(3)91)73(117-53(10)98)71(116-52(9)97)59(121-77)43-113-49(6)94/h54-59,66-77H,11-43,79H2,1-10H3,(H,80,99)(H,81,100)(H,82,101)(H,83,102)(H,84,103)(H,85,104)(H,86,89)(H,87,90)(H,88,91)/t54-,55-,56-,57-,58+,59+,66+,67+,68+,69+,70+,71-,72+,73+,74+,75+,76+,77+/m0/s1. The van der Waals surface area contributed by atoms with Crippen molar-refractivity contribution in [3.63, 3.8) is 0 Å². The van der Waals surface area contributed by atoms with E-state index in [1.165, 1.54) is 48.5 Å². The van der Waals surface area contributed by atoms with E-state index in [0.717, 1.165) is 20.8 Å². The fourth-order valence-corrected chi connectivity index (χ4v) is 13.0. The fourth-order valence-electron chi connectivity index (χ4n) is 13.0. The zero-order valence-electron chi connectivity index (χ0n) is 70.7. The normalized spacial score (nSPS) is 24.9. The van der Waals surface area contributed by atoms with Crippen molar-refractivity contribution in [3.8, 4) is 0 Å². The Kier molecular flexibility index (Phi) is 50.1. The van der Waals surface area contributed by atoms with Gasteiger partial charge in [0.2, 0.25) is 53.2 Å². The van der Waals surface area contributed by atoms with Gasteiger partial charge in [-0.15, -0.1) is 0 Å². The van der Waals surface area contributed by atoms with Crippen LogP contribution in [-0.4, -0.2) is 311 Å². The highest BCUT2D eigenvalue weighted by atomic mass is 19.1. The molecule has 0 aliphatic carbocycles. The molecule has 0 saturated carbocycles. The number of hydrogen-bond acceptors (Lipinski definition) is 34. The van der Waals surface area contributed by atoms with Crippen LogP contribution in [0.15, 0.2) is 0 Å². The predicted molar refractivity (Wildman–Crippen MR) is 413 cm³/mol. The average Bonchev–Trinajstić information content (AvgIpc) is 0.796. The number of carbonyl (C=O) groups is 16. The summed E-state index contributed by atoms with van der Waals surface area (Å²) in [6.07, 6.45) is -14.4. The van der Waals surface area contributed by atoms with E-state index in [1.54, 1.807) is 0 Å². The molecule has 0 unspecified atom stereocenters. The number of nitrogens with two attached hydrogens (primary N) is 1. The summed E-state index contributed by atoms with van der Waals surface area (Å²) in [4.78, 5) is 196. The smallest absolute Gasteiger partial charge is 0.303 e. The summed E-state index contributed by atoms with van der Waals surface area (Å²) < 4.78 is 113. The van der Waals surface area contributed by atoms with E-state index in [9.17, 15) is 76.7 Å². The van der Waals surface area contributed by atoms with Crippen LogP contribution in [0, 0.1) is 0 Å². The maximum Gasteiger partial charge on any atom is 0.303 e. The van der Waals surface area contributed by atoms with E-state index >= 15 is 4.39 Å². The summed E-state index contributed by atoms with van der Waals surface area (Å²) in [5.41, 5.74) is 6.13. The topological polar surface area (TPSA) is 564 Å². The van der Waals surface area contributed by atoms with E-state index in [1.807, 2.05) is 0 Å². The summed E-state index contributed by atoms with van der Waals surface area (Å²) in [6.45, 7) is 11.7. The van der Waals surface area contributed by atoms with Crippen LogP contribution in [0.25, 0.3) is 0 Å². The summed E-state index contributed by atoms with van der Waals surface area (Å²) in [5, 5.41) is 24.6. The lowest BCUT2D eigenvalue weighted by molar-refractivity contribution is -0.277. The zero-order valence-corrected chi connectivity index (χ0v) is 70.7. The summed E-state index contributed by atoms with van der Waals surface area (Å²) in [6, 6.07) is -2.89. The molecule has 4 fully saturated rings. The number of rotatable bonds is 56. The first kappa shape index (κ1) is 104. The van der Waals surface area contributed by atoms with Crippen molar-refractivity contribution in [2.75, 3.05) is 105 Å². The van der Waals surface area contributed by atoms with Crippen LogP contribution in [0.3, 0.4) is 0 Å².